The van der Waals surface area contributed by atoms with Crippen molar-refractivity contribution in [2.75, 3.05) is 13.2 Å². The van der Waals surface area contributed by atoms with E-state index >= 15 is 0 Å². The molecule has 0 aliphatic rings. The highest BCUT2D eigenvalue weighted by Gasteiger charge is 2.26. The van der Waals surface area contributed by atoms with Gasteiger partial charge in [-0.3, -0.25) is 19.2 Å². The molecule has 0 unspecified atom stereocenters. The fraction of sp³-hybridized carbons (Fsp3) is 0.207. The number of carbonyl (C=O) groups is 5. The highest BCUT2D eigenvalue weighted by Crippen LogP contribution is 2.14. The number of aliphatic carboxylic acids is 1. The molecule has 0 saturated heterocycles. The molecule has 0 aromatic heterocycles. The first-order valence-corrected chi connectivity index (χ1v) is 12.1. The van der Waals surface area contributed by atoms with Crippen molar-refractivity contribution < 1.29 is 33.8 Å². The van der Waals surface area contributed by atoms with Crippen LogP contribution in [0.15, 0.2) is 84.9 Å². The fourth-order valence-corrected chi connectivity index (χ4v) is 3.85. The van der Waals surface area contributed by atoms with Gasteiger partial charge in [0.1, 0.15) is 25.3 Å². The van der Waals surface area contributed by atoms with Crippen molar-refractivity contribution in [1.82, 2.24) is 10.6 Å². The summed E-state index contributed by atoms with van der Waals surface area (Å²) in [5.41, 5.74) is 7.87. The van der Waals surface area contributed by atoms with Crippen LogP contribution in [0.2, 0.25) is 0 Å². The largest absolute Gasteiger partial charge is 0.480 e. The van der Waals surface area contributed by atoms with Gasteiger partial charge in [0, 0.05) is 24.0 Å². The number of ether oxygens (including phenoxy) is 1. The number of carboxylic acid groups (broad SMARTS) is 1. The van der Waals surface area contributed by atoms with Crippen molar-refractivity contribution in [3.05, 3.63) is 107 Å². The van der Waals surface area contributed by atoms with Crippen LogP contribution in [0.1, 0.15) is 27.0 Å². The van der Waals surface area contributed by atoms with Gasteiger partial charge in [0.25, 0.3) is 0 Å². The van der Waals surface area contributed by atoms with Crippen LogP contribution in [0.3, 0.4) is 0 Å². The summed E-state index contributed by atoms with van der Waals surface area (Å²) in [6, 6.07) is 22.1. The Balaban J connectivity index is 1.73. The van der Waals surface area contributed by atoms with Gasteiger partial charge in [0.2, 0.25) is 17.7 Å². The van der Waals surface area contributed by atoms with Crippen LogP contribution in [-0.2, 0) is 36.8 Å². The van der Waals surface area contributed by atoms with Gasteiger partial charge in [-0.15, -0.1) is 0 Å². The molecule has 0 radical (unpaired) electrons. The first kappa shape index (κ1) is 28.7. The van der Waals surface area contributed by atoms with Crippen molar-refractivity contribution in [3.8, 4) is 0 Å². The summed E-state index contributed by atoms with van der Waals surface area (Å²) in [7, 11) is 0. The minimum Gasteiger partial charge on any atom is -0.480 e. The Hall–Kier alpha value is -4.83. The van der Waals surface area contributed by atoms with Crippen molar-refractivity contribution in [2.45, 2.75) is 24.9 Å². The number of nitrogens with one attached hydrogen (secondary N) is 2. The van der Waals surface area contributed by atoms with Gasteiger partial charge in [-0.25, -0.2) is 4.79 Å². The number of ketones is 1. The molecule has 3 amide bonds. The molecule has 0 fully saturated rings. The number of amides is 3. The molecule has 3 rings (SSSR count). The molecule has 0 aliphatic heterocycles. The van der Waals surface area contributed by atoms with Crippen LogP contribution in [-0.4, -0.2) is 59.9 Å². The summed E-state index contributed by atoms with van der Waals surface area (Å²) >= 11 is 0. The summed E-state index contributed by atoms with van der Waals surface area (Å²) in [6.45, 7) is -1.23. The Bertz CT molecular complexity index is 1310. The molecule has 10 nitrogen and oxygen atoms in total. The molecule has 0 bridgehead atoms. The molecule has 10 heteroatoms. The summed E-state index contributed by atoms with van der Waals surface area (Å²) < 4.78 is 4.80. The maximum absolute atomic E-state index is 13.2. The first-order valence-electron chi connectivity index (χ1n) is 12.1. The molecule has 0 saturated carbocycles. The summed E-state index contributed by atoms with van der Waals surface area (Å²) in [6.07, 6.45) is 0.120. The zero-order valence-electron chi connectivity index (χ0n) is 21.0. The maximum atomic E-state index is 13.2. The van der Waals surface area contributed by atoms with Crippen molar-refractivity contribution >= 4 is 29.5 Å². The van der Waals surface area contributed by atoms with Gasteiger partial charge in [0.15, 0.2) is 5.78 Å². The van der Waals surface area contributed by atoms with E-state index in [4.69, 9.17) is 15.6 Å². The molecule has 202 valence electrons. The lowest BCUT2D eigenvalue weighted by Crippen LogP contribution is -2.54. The third-order valence-electron chi connectivity index (χ3n) is 5.72. The van der Waals surface area contributed by atoms with E-state index in [0.717, 1.165) is 5.56 Å². The molecule has 5 N–H and O–H groups in total. The third-order valence-corrected chi connectivity index (χ3v) is 5.72. The highest BCUT2D eigenvalue weighted by atomic mass is 16.5. The topological polar surface area (TPSA) is 165 Å². The third kappa shape index (κ3) is 9.20. The minimum atomic E-state index is -1.24. The fourth-order valence-electron chi connectivity index (χ4n) is 3.85. The maximum Gasteiger partial charge on any atom is 0.329 e. The highest BCUT2D eigenvalue weighted by molar-refractivity contribution is 6.09. The van der Waals surface area contributed by atoms with Crippen LogP contribution < -0.4 is 16.4 Å². The van der Waals surface area contributed by atoms with Gasteiger partial charge < -0.3 is 26.2 Å². The molecule has 3 aromatic rings. The Morgan fingerprint density at radius 3 is 1.95 bits per heavy atom. The van der Waals surface area contributed by atoms with E-state index in [9.17, 15) is 24.0 Å². The molecule has 0 spiro atoms. The quantitative estimate of drug-likeness (QED) is 0.227. The SMILES string of the molecule is NC(=O)[C@H](Cc1cccc(C(=O)c2ccccc2)c1)NC(=O)[C@H](Cc1ccccc1)NC(=O)COCC(=O)O. The second kappa shape index (κ2) is 14.2. The molecule has 0 aliphatic carbocycles. The van der Waals surface area contributed by atoms with Crippen LogP contribution in [0.5, 0.6) is 0 Å². The van der Waals surface area contributed by atoms with Gasteiger partial charge >= 0.3 is 5.97 Å². The summed E-state index contributed by atoms with van der Waals surface area (Å²) in [5.74, 6) is -3.58. The van der Waals surface area contributed by atoms with E-state index in [0.29, 0.717) is 16.7 Å². The second-order valence-electron chi connectivity index (χ2n) is 8.76. The number of benzene rings is 3. The minimum absolute atomic E-state index is 0.0186. The van der Waals surface area contributed by atoms with Crippen molar-refractivity contribution in [1.29, 1.82) is 0 Å². The smallest absolute Gasteiger partial charge is 0.329 e. The Morgan fingerprint density at radius 1 is 0.718 bits per heavy atom. The molecular formula is C29H29N3O7. The number of nitrogens with two attached hydrogens (primary N) is 1. The lowest BCUT2D eigenvalue weighted by molar-refractivity contribution is -0.144. The average Bonchev–Trinajstić information content (AvgIpc) is 2.93. The summed E-state index contributed by atoms with van der Waals surface area (Å²) in [5, 5.41) is 13.8. The zero-order chi connectivity index (χ0) is 28.2. The van der Waals surface area contributed by atoms with Gasteiger partial charge in [-0.2, -0.15) is 0 Å². The van der Waals surface area contributed by atoms with E-state index in [-0.39, 0.29) is 18.6 Å². The van der Waals surface area contributed by atoms with Crippen LogP contribution in [0, 0.1) is 0 Å². The van der Waals surface area contributed by atoms with E-state index in [1.165, 1.54) is 0 Å². The second-order valence-corrected chi connectivity index (χ2v) is 8.76. The first-order chi connectivity index (χ1) is 18.7. The number of primary amides is 1. The Labute approximate surface area is 225 Å². The standard InChI is InChI=1S/C29H29N3O7/c30-28(37)23(16-20-10-7-13-22(14-20)27(36)21-11-5-2-6-12-21)32-29(38)24(15-19-8-3-1-4-9-19)31-25(33)17-39-18-26(34)35/h1-14,23-24H,15-18H2,(H2,30,37)(H,31,33)(H,32,38)(H,34,35)/t23-,24-/m0/s1. The zero-order valence-corrected chi connectivity index (χ0v) is 21.0. The van der Waals surface area contributed by atoms with Gasteiger partial charge in [0.05, 0.1) is 0 Å². The van der Waals surface area contributed by atoms with Crippen molar-refractivity contribution in [2.24, 2.45) is 5.73 Å². The van der Waals surface area contributed by atoms with Crippen LogP contribution in [0.25, 0.3) is 0 Å². The average molecular weight is 532 g/mol. The lowest BCUT2D eigenvalue weighted by Gasteiger charge is -2.22. The Morgan fingerprint density at radius 2 is 1.31 bits per heavy atom. The number of carboxylic acids is 1. The number of hydrogen-bond acceptors (Lipinski definition) is 6. The predicted molar refractivity (Wildman–Crippen MR) is 142 cm³/mol. The van der Waals surface area contributed by atoms with E-state index < -0.39 is 49.0 Å². The van der Waals surface area contributed by atoms with Crippen LogP contribution in [0.4, 0.5) is 0 Å². The molecule has 2 atom stereocenters. The van der Waals surface area contributed by atoms with Gasteiger partial charge in [-0.1, -0.05) is 78.9 Å². The predicted octanol–water partition coefficient (Wildman–Crippen LogP) is 1.26. The molecular weight excluding hydrogens is 502 g/mol. The molecule has 39 heavy (non-hydrogen) atoms. The lowest BCUT2D eigenvalue weighted by atomic mass is 9.98. The monoisotopic (exact) mass is 531 g/mol. The number of rotatable bonds is 14. The number of hydrogen-bond donors (Lipinski definition) is 4. The molecule has 0 heterocycles. The van der Waals surface area contributed by atoms with E-state index in [2.05, 4.69) is 10.6 Å². The van der Waals surface area contributed by atoms with Crippen LogP contribution >= 0.6 is 0 Å². The molecule has 3 aromatic carbocycles. The Kier molecular flexibility index (Phi) is 10.5. The normalized spacial score (nSPS) is 12.1. The number of carbonyl (C=O) groups excluding carboxylic acids is 4. The van der Waals surface area contributed by atoms with E-state index in [1.807, 2.05) is 6.07 Å². The van der Waals surface area contributed by atoms with E-state index in [1.54, 1.807) is 78.9 Å². The van der Waals surface area contributed by atoms with Crippen molar-refractivity contribution in [3.63, 3.8) is 0 Å². The van der Waals surface area contributed by atoms with Gasteiger partial charge in [-0.05, 0) is 17.2 Å². The summed E-state index contributed by atoms with van der Waals surface area (Å²) in [4.78, 5) is 61.3.